The number of amides is 2. The van der Waals surface area contributed by atoms with Gasteiger partial charge < -0.3 is 19.5 Å². The highest BCUT2D eigenvalue weighted by Crippen LogP contribution is 2.22. The molecule has 0 unspecified atom stereocenters. The standard InChI is InChI=1S/C20H27N3O4/c1-5-22(6-2)18(24)12-23-11-16(15-9-7-8-10-17(15)23)19(25)20(26)21-14(3)13-27-4/h7-11,14H,5-6,12-13H2,1-4H3,(H,21,26)/t14-/m1/s1. The molecule has 146 valence electrons. The quantitative estimate of drug-likeness (QED) is 0.537. The number of nitrogens with zero attached hydrogens (tertiary/aromatic N) is 2. The normalized spacial score (nSPS) is 12.0. The van der Waals surface area contributed by atoms with E-state index in [0.29, 0.717) is 30.6 Å². The monoisotopic (exact) mass is 373 g/mol. The summed E-state index contributed by atoms with van der Waals surface area (Å²) in [7, 11) is 1.53. The summed E-state index contributed by atoms with van der Waals surface area (Å²) in [5, 5.41) is 3.29. The molecule has 7 heteroatoms. The number of carbonyl (C=O) groups is 3. The van der Waals surface area contributed by atoms with Crippen molar-refractivity contribution < 1.29 is 19.1 Å². The molecule has 1 N–H and O–H groups in total. The van der Waals surface area contributed by atoms with Gasteiger partial charge in [-0.15, -0.1) is 0 Å². The van der Waals surface area contributed by atoms with Crippen molar-refractivity contribution in [2.45, 2.75) is 33.4 Å². The minimum absolute atomic E-state index is 0.0297. The molecule has 0 fully saturated rings. The van der Waals surface area contributed by atoms with Crippen LogP contribution in [-0.4, -0.2) is 59.9 Å². The molecule has 2 rings (SSSR count). The van der Waals surface area contributed by atoms with Gasteiger partial charge in [0.25, 0.3) is 11.7 Å². The number of hydrogen-bond donors (Lipinski definition) is 1. The summed E-state index contributed by atoms with van der Waals surface area (Å²) < 4.78 is 6.71. The number of para-hydroxylation sites is 1. The lowest BCUT2D eigenvalue weighted by Crippen LogP contribution is -2.39. The maximum atomic E-state index is 12.7. The Morgan fingerprint density at radius 3 is 2.48 bits per heavy atom. The van der Waals surface area contributed by atoms with Gasteiger partial charge in [0.1, 0.15) is 6.54 Å². The van der Waals surface area contributed by atoms with E-state index in [2.05, 4.69) is 5.32 Å². The first-order chi connectivity index (χ1) is 12.9. The summed E-state index contributed by atoms with van der Waals surface area (Å²) in [6, 6.07) is 7.00. The number of aromatic nitrogens is 1. The summed E-state index contributed by atoms with van der Waals surface area (Å²) in [5.74, 6) is -1.33. The molecule has 1 aromatic carbocycles. The Hall–Kier alpha value is -2.67. The molecule has 1 atom stereocenters. The zero-order valence-electron chi connectivity index (χ0n) is 16.3. The van der Waals surface area contributed by atoms with Gasteiger partial charge in [0.05, 0.1) is 12.2 Å². The Balaban J connectivity index is 2.31. The zero-order valence-corrected chi connectivity index (χ0v) is 16.3. The van der Waals surface area contributed by atoms with Gasteiger partial charge in [0.2, 0.25) is 5.91 Å². The third-order valence-corrected chi connectivity index (χ3v) is 4.46. The fourth-order valence-corrected chi connectivity index (χ4v) is 3.08. The van der Waals surface area contributed by atoms with Crippen LogP contribution in [0, 0.1) is 0 Å². The van der Waals surface area contributed by atoms with Gasteiger partial charge >= 0.3 is 0 Å². The highest BCUT2D eigenvalue weighted by Gasteiger charge is 2.23. The Labute approximate surface area is 159 Å². The van der Waals surface area contributed by atoms with Crippen LogP contribution in [0.5, 0.6) is 0 Å². The van der Waals surface area contributed by atoms with Crippen molar-refractivity contribution in [3.05, 3.63) is 36.0 Å². The number of carbonyl (C=O) groups excluding carboxylic acids is 3. The molecule has 0 bridgehead atoms. The maximum absolute atomic E-state index is 12.7. The number of Topliss-reactive ketones (excluding diaryl/α,β-unsaturated/α-hetero) is 1. The minimum Gasteiger partial charge on any atom is -0.383 e. The van der Waals surface area contributed by atoms with E-state index in [1.165, 1.54) is 7.11 Å². The molecule has 0 saturated heterocycles. The molecule has 0 aliphatic rings. The molecular weight excluding hydrogens is 346 g/mol. The second kappa shape index (κ2) is 9.32. The van der Waals surface area contributed by atoms with E-state index in [1.54, 1.807) is 34.7 Å². The number of likely N-dealkylation sites (N-methyl/N-ethyl adjacent to an activating group) is 1. The molecule has 0 aliphatic carbocycles. The first-order valence-electron chi connectivity index (χ1n) is 9.12. The second-order valence-corrected chi connectivity index (χ2v) is 6.41. The first kappa shape index (κ1) is 20.6. The van der Waals surface area contributed by atoms with Crippen LogP contribution < -0.4 is 5.32 Å². The lowest BCUT2D eigenvalue weighted by Gasteiger charge is -2.19. The number of rotatable bonds is 9. The average Bonchev–Trinajstić information content (AvgIpc) is 3.01. The first-order valence-corrected chi connectivity index (χ1v) is 9.12. The smallest absolute Gasteiger partial charge is 0.292 e. The fraction of sp³-hybridized carbons (Fsp3) is 0.450. The lowest BCUT2D eigenvalue weighted by molar-refractivity contribution is -0.131. The molecule has 7 nitrogen and oxygen atoms in total. The largest absolute Gasteiger partial charge is 0.383 e. The van der Waals surface area contributed by atoms with Gasteiger partial charge in [-0.1, -0.05) is 18.2 Å². The highest BCUT2D eigenvalue weighted by atomic mass is 16.5. The fourth-order valence-electron chi connectivity index (χ4n) is 3.08. The van der Waals surface area contributed by atoms with Crippen LogP contribution in [0.3, 0.4) is 0 Å². The van der Waals surface area contributed by atoms with Crippen molar-refractivity contribution in [2.24, 2.45) is 0 Å². The van der Waals surface area contributed by atoms with Crippen molar-refractivity contribution in [1.82, 2.24) is 14.8 Å². The van der Waals surface area contributed by atoms with E-state index >= 15 is 0 Å². The Bertz CT molecular complexity index is 824. The molecule has 27 heavy (non-hydrogen) atoms. The van der Waals surface area contributed by atoms with E-state index < -0.39 is 11.7 Å². The number of fused-ring (bicyclic) bond motifs is 1. The van der Waals surface area contributed by atoms with Crippen LogP contribution in [0.2, 0.25) is 0 Å². The van der Waals surface area contributed by atoms with Gasteiger partial charge in [0, 0.05) is 43.3 Å². The molecule has 0 aliphatic heterocycles. The van der Waals surface area contributed by atoms with E-state index in [0.717, 1.165) is 5.52 Å². The van der Waals surface area contributed by atoms with Crippen LogP contribution in [0.15, 0.2) is 30.5 Å². The summed E-state index contributed by atoms with van der Waals surface area (Å²) >= 11 is 0. The minimum atomic E-state index is -0.683. The summed E-state index contributed by atoms with van der Waals surface area (Å²) in [6.45, 7) is 7.31. The van der Waals surface area contributed by atoms with Gasteiger partial charge in [-0.2, -0.15) is 0 Å². The van der Waals surface area contributed by atoms with Gasteiger partial charge in [-0.3, -0.25) is 14.4 Å². The molecule has 1 aromatic heterocycles. The summed E-state index contributed by atoms with van der Waals surface area (Å²) in [4.78, 5) is 39.2. The molecule has 2 amide bonds. The lowest BCUT2D eigenvalue weighted by atomic mass is 10.1. The average molecular weight is 373 g/mol. The maximum Gasteiger partial charge on any atom is 0.292 e. The van der Waals surface area contributed by atoms with Crippen LogP contribution in [0.25, 0.3) is 10.9 Å². The number of benzene rings is 1. The number of hydrogen-bond acceptors (Lipinski definition) is 4. The molecule has 0 radical (unpaired) electrons. The third-order valence-electron chi connectivity index (χ3n) is 4.46. The highest BCUT2D eigenvalue weighted by molar-refractivity contribution is 6.45. The third kappa shape index (κ3) is 4.74. The van der Waals surface area contributed by atoms with Crippen LogP contribution in [0.1, 0.15) is 31.1 Å². The van der Waals surface area contributed by atoms with Gasteiger partial charge in [0.15, 0.2) is 0 Å². The number of methoxy groups -OCH3 is 1. The number of ether oxygens (including phenoxy) is 1. The van der Waals surface area contributed by atoms with Crippen LogP contribution in [-0.2, 0) is 20.9 Å². The molecular formula is C20H27N3O4. The molecule has 0 saturated carbocycles. The summed E-state index contributed by atoms with van der Waals surface area (Å²) in [6.07, 6.45) is 1.59. The van der Waals surface area contributed by atoms with Crippen molar-refractivity contribution in [1.29, 1.82) is 0 Å². The zero-order chi connectivity index (χ0) is 20.0. The second-order valence-electron chi connectivity index (χ2n) is 6.41. The van der Waals surface area contributed by atoms with Crippen molar-refractivity contribution in [3.8, 4) is 0 Å². The van der Waals surface area contributed by atoms with Crippen molar-refractivity contribution >= 4 is 28.5 Å². The Kier molecular flexibility index (Phi) is 7.12. The van der Waals surface area contributed by atoms with Crippen molar-refractivity contribution in [2.75, 3.05) is 26.8 Å². The van der Waals surface area contributed by atoms with Crippen LogP contribution in [0.4, 0.5) is 0 Å². The molecule has 1 heterocycles. The SMILES string of the molecule is CCN(CC)C(=O)Cn1cc(C(=O)C(=O)N[C@H](C)COC)c2ccccc21. The Morgan fingerprint density at radius 1 is 1.19 bits per heavy atom. The van der Waals surface area contributed by atoms with Gasteiger partial charge in [-0.25, -0.2) is 0 Å². The molecule has 2 aromatic rings. The topological polar surface area (TPSA) is 80.6 Å². The van der Waals surface area contributed by atoms with E-state index in [4.69, 9.17) is 4.74 Å². The summed E-state index contributed by atoms with van der Waals surface area (Å²) in [5.41, 5.74) is 1.04. The molecule has 0 spiro atoms. The van der Waals surface area contributed by atoms with E-state index in [9.17, 15) is 14.4 Å². The predicted octanol–water partition coefficient (Wildman–Crippen LogP) is 1.84. The van der Waals surface area contributed by atoms with Gasteiger partial charge in [-0.05, 0) is 26.8 Å². The Morgan fingerprint density at radius 2 is 1.85 bits per heavy atom. The van der Waals surface area contributed by atoms with Crippen molar-refractivity contribution in [3.63, 3.8) is 0 Å². The number of nitrogens with one attached hydrogen (secondary N) is 1. The van der Waals surface area contributed by atoms with E-state index in [1.807, 2.05) is 26.0 Å². The number of ketones is 1. The van der Waals surface area contributed by atoms with E-state index in [-0.39, 0.29) is 18.5 Å². The predicted molar refractivity (Wildman–Crippen MR) is 104 cm³/mol. The van der Waals surface area contributed by atoms with Crippen LogP contribution >= 0.6 is 0 Å².